The maximum absolute atomic E-state index is 5.79. The van der Waals surface area contributed by atoms with Gasteiger partial charge in [0.2, 0.25) is 0 Å². The summed E-state index contributed by atoms with van der Waals surface area (Å²) in [4.78, 5) is 11.0. The van der Waals surface area contributed by atoms with E-state index in [9.17, 15) is 0 Å². The van der Waals surface area contributed by atoms with Gasteiger partial charge in [-0.25, -0.2) is 0 Å². The van der Waals surface area contributed by atoms with Gasteiger partial charge >= 0.3 is 0 Å². The molecule has 1 aliphatic rings. The SMILES string of the molecule is CCC(C(N)=S)N1CCN(Cc2cncs2)CC1. The van der Waals surface area contributed by atoms with Crippen LogP contribution >= 0.6 is 23.6 Å². The van der Waals surface area contributed by atoms with E-state index in [-0.39, 0.29) is 6.04 Å². The van der Waals surface area contributed by atoms with Crippen LogP contribution < -0.4 is 5.73 Å². The molecule has 0 aromatic carbocycles. The molecule has 2 rings (SSSR count). The van der Waals surface area contributed by atoms with Gasteiger partial charge in [-0.15, -0.1) is 11.3 Å². The van der Waals surface area contributed by atoms with E-state index >= 15 is 0 Å². The van der Waals surface area contributed by atoms with Crippen LogP contribution in [0.1, 0.15) is 18.2 Å². The van der Waals surface area contributed by atoms with Crippen molar-refractivity contribution in [1.29, 1.82) is 0 Å². The van der Waals surface area contributed by atoms with Crippen molar-refractivity contribution in [2.24, 2.45) is 5.73 Å². The van der Waals surface area contributed by atoms with Crippen LogP contribution in [0.4, 0.5) is 0 Å². The molecule has 1 fully saturated rings. The average Bonchev–Trinajstić information content (AvgIpc) is 2.84. The molecule has 18 heavy (non-hydrogen) atoms. The van der Waals surface area contributed by atoms with E-state index in [0.29, 0.717) is 4.99 Å². The highest BCUT2D eigenvalue weighted by atomic mass is 32.1. The predicted molar refractivity (Wildman–Crippen MR) is 79.8 cm³/mol. The molecule has 4 nitrogen and oxygen atoms in total. The van der Waals surface area contributed by atoms with Gasteiger partial charge in [0.15, 0.2) is 0 Å². The van der Waals surface area contributed by atoms with Gasteiger partial charge in [-0.05, 0) is 6.42 Å². The number of piperazine rings is 1. The smallest absolute Gasteiger partial charge is 0.0901 e. The Bertz CT molecular complexity index is 371. The molecule has 0 amide bonds. The number of thiazole rings is 1. The summed E-state index contributed by atoms with van der Waals surface area (Å²) in [5.41, 5.74) is 7.69. The fraction of sp³-hybridized carbons (Fsp3) is 0.667. The van der Waals surface area contributed by atoms with E-state index in [2.05, 4.69) is 21.7 Å². The molecule has 6 heteroatoms. The van der Waals surface area contributed by atoms with E-state index in [4.69, 9.17) is 18.0 Å². The monoisotopic (exact) mass is 284 g/mol. The molecule has 0 aliphatic carbocycles. The Kier molecular flexibility index (Phi) is 5.05. The molecule has 1 aromatic heterocycles. The van der Waals surface area contributed by atoms with Crippen LogP contribution in [0.15, 0.2) is 11.7 Å². The lowest BCUT2D eigenvalue weighted by Gasteiger charge is -2.38. The van der Waals surface area contributed by atoms with Crippen LogP contribution in [0.5, 0.6) is 0 Å². The lowest BCUT2D eigenvalue weighted by atomic mass is 10.1. The zero-order chi connectivity index (χ0) is 13.0. The van der Waals surface area contributed by atoms with Crippen molar-refractivity contribution in [2.75, 3.05) is 26.2 Å². The highest BCUT2D eigenvalue weighted by Gasteiger charge is 2.24. The summed E-state index contributed by atoms with van der Waals surface area (Å²) >= 11 is 6.86. The average molecular weight is 284 g/mol. The van der Waals surface area contributed by atoms with E-state index in [0.717, 1.165) is 39.1 Å². The summed E-state index contributed by atoms with van der Waals surface area (Å²) < 4.78 is 0. The number of aromatic nitrogens is 1. The predicted octanol–water partition coefficient (Wildman–Crippen LogP) is 1.33. The van der Waals surface area contributed by atoms with Crippen molar-refractivity contribution in [2.45, 2.75) is 25.9 Å². The van der Waals surface area contributed by atoms with Crippen molar-refractivity contribution >= 4 is 28.5 Å². The van der Waals surface area contributed by atoms with Crippen molar-refractivity contribution in [3.05, 3.63) is 16.6 Å². The number of rotatable bonds is 5. The van der Waals surface area contributed by atoms with Gasteiger partial charge < -0.3 is 5.73 Å². The lowest BCUT2D eigenvalue weighted by Crippen LogP contribution is -2.53. The standard InChI is InChI=1S/C12H20N4S2/c1-2-11(12(13)17)16-5-3-15(4-6-16)8-10-7-14-9-18-10/h7,9,11H,2-6,8H2,1H3,(H2,13,17). The lowest BCUT2D eigenvalue weighted by molar-refractivity contribution is 0.112. The summed E-state index contributed by atoms with van der Waals surface area (Å²) in [6, 6.07) is 0.269. The summed E-state index contributed by atoms with van der Waals surface area (Å²) in [5, 5.41) is 0. The summed E-state index contributed by atoms with van der Waals surface area (Å²) in [5.74, 6) is 0. The van der Waals surface area contributed by atoms with Crippen LogP contribution in [-0.2, 0) is 6.54 Å². The van der Waals surface area contributed by atoms with E-state index in [1.54, 1.807) is 11.3 Å². The molecule has 0 saturated carbocycles. The second kappa shape index (κ2) is 6.56. The molecule has 1 aliphatic heterocycles. The molecule has 0 spiro atoms. The zero-order valence-corrected chi connectivity index (χ0v) is 12.3. The Labute approximate surface area is 118 Å². The third-order valence-electron chi connectivity index (χ3n) is 3.43. The number of hydrogen-bond donors (Lipinski definition) is 1. The Morgan fingerprint density at radius 2 is 2.22 bits per heavy atom. The minimum atomic E-state index is 0.269. The van der Waals surface area contributed by atoms with Crippen LogP contribution in [0.3, 0.4) is 0 Å². The van der Waals surface area contributed by atoms with Crippen molar-refractivity contribution < 1.29 is 0 Å². The van der Waals surface area contributed by atoms with Gasteiger partial charge in [-0.2, -0.15) is 0 Å². The van der Waals surface area contributed by atoms with Gasteiger partial charge in [0.1, 0.15) is 0 Å². The first kappa shape index (κ1) is 13.9. The normalized spacial score (nSPS) is 19.8. The highest BCUT2D eigenvalue weighted by molar-refractivity contribution is 7.80. The molecule has 1 atom stereocenters. The first-order chi connectivity index (χ1) is 8.70. The maximum Gasteiger partial charge on any atom is 0.0901 e. The van der Waals surface area contributed by atoms with E-state index in [1.807, 2.05) is 11.7 Å². The van der Waals surface area contributed by atoms with Crippen molar-refractivity contribution in [3.63, 3.8) is 0 Å². The molecular formula is C12H20N4S2. The Morgan fingerprint density at radius 1 is 1.50 bits per heavy atom. The molecule has 2 heterocycles. The third kappa shape index (κ3) is 3.47. The fourth-order valence-corrected chi connectivity index (χ4v) is 3.36. The van der Waals surface area contributed by atoms with Crippen LogP contribution in [0, 0.1) is 0 Å². The Morgan fingerprint density at radius 3 is 2.72 bits per heavy atom. The van der Waals surface area contributed by atoms with Gasteiger partial charge in [0.25, 0.3) is 0 Å². The quantitative estimate of drug-likeness (QED) is 0.827. The number of nitrogens with two attached hydrogens (primary N) is 1. The van der Waals surface area contributed by atoms with Crippen LogP contribution in [0.2, 0.25) is 0 Å². The molecule has 0 radical (unpaired) electrons. The Balaban J connectivity index is 1.82. The van der Waals surface area contributed by atoms with Crippen molar-refractivity contribution in [1.82, 2.24) is 14.8 Å². The topological polar surface area (TPSA) is 45.4 Å². The van der Waals surface area contributed by atoms with Crippen molar-refractivity contribution in [3.8, 4) is 0 Å². The molecule has 100 valence electrons. The minimum Gasteiger partial charge on any atom is -0.392 e. The highest BCUT2D eigenvalue weighted by Crippen LogP contribution is 2.14. The molecule has 1 unspecified atom stereocenters. The van der Waals surface area contributed by atoms with E-state index in [1.165, 1.54) is 4.88 Å². The molecular weight excluding hydrogens is 264 g/mol. The fourth-order valence-electron chi connectivity index (χ4n) is 2.41. The molecule has 1 aromatic rings. The summed E-state index contributed by atoms with van der Waals surface area (Å²) in [6.45, 7) is 7.42. The molecule has 2 N–H and O–H groups in total. The first-order valence-corrected chi connectivity index (χ1v) is 7.62. The number of nitrogens with zero attached hydrogens (tertiary/aromatic N) is 3. The molecule has 1 saturated heterocycles. The van der Waals surface area contributed by atoms with Gasteiger partial charge in [-0.1, -0.05) is 19.1 Å². The number of hydrogen-bond acceptors (Lipinski definition) is 5. The van der Waals surface area contributed by atoms with Crippen LogP contribution in [0.25, 0.3) is 0 Å². The largest absolute Gasteiger partial charge is 0.392 e. The van der Waals surface area contributed by atoms with E-state index < -0.39 is 0 Å². The van der Waals surface area contributed by atoms with Crippen LogP contribution in [-0.4, -0.2) is 52.0 Å². The maximum atomic E-state index is 5.79. The van der Waals surface area contributed by atoms with Gasteiger partial charge in [0.05, 0.1) is 16.5 Å². The second-order valence-corrected chi connectivity index (χ2v) is 6.05. The number of thiocarbonyl (C=S) groups is 1. The third-order valence-corrected chi connectivity index (χ3v) is 4.46. The minimum absolute atomic E-state index is 0.269. The zero-order valence-electron chi connectivity index (χ0n) is 10.7. The van der Waals surface area contributed by atoms with Gasteiger partial charge in [-0.3, -0.25) is 14.8 Å². The summed E-state index contributed by atoms with van der Waals surface area (Å²) in [6.07, 6.45) is 2.96. The molecule has 0 bridgehead atoms. The second-order valence-electron chi connectivity index (χ2n) is 4.61. The Hall–Kier alpha value is -0.560. The summed E-state index contributed by atoms with van der Waals surface area (Å²) in [7, 11) is 0. The first-order valence-electron chi connectivity index (χ1n) is 6.33. The van der Waals surface area contributed by atoms with Gasteiger partial charge in [0, 0.05) is 43.8 Å².